The SMILES string of the molecule is CC1=C(OC(=O)OCc2ccccc2)CCCC1. The molecule has 0 saturated heterocycles. The fourth-order valence-electron chi connectivity index (χ4n) is 2.01. The van der Waals surface area contributed by atoms with Gasteiger partial charge in [-0.05, 0) is 37.3 Å². The van der Waals surface area contributed by atoms with Gasteiger partial charge in [-0.15, -0.1) is 0 Å². The molecule has 0 bridgehead atoms. The van der Waals surface area contributed by atoms with Crippen molar-refractivity contribution in [1.29, 1.82) is 0 Å². The molecular formula is C15H18O3. The highest BCUT2D eigenvalue weighted by atomic mass is 16.7. The molecule has 1 aromatic carbocycles. The Morgan fingerprint density at radius 1 is 1.17 bits per heavy atom. The Hall–Kier alpha value is -1.77. The smallest absolute Gasteiger partial charge is 0.429 e. The summed E-state index contributed by atoms with van der Waals surface area (Å²) in [5, 5.41) is 0. The van der Waals surface area contributed by atoms with Gasteiger partial charge in [0.15, 0.2) is 0 Å². The van der Waals surface area contributed by atoms with Gasteiger partial charge in [-0.3, -0.25) is 0 Å². The van der Waals surface area contributed by atoms with Crippen LogP contribution < -0.4 is 0 Å². The van der Waals surface area contributed by atoms with Gasteiger partial charge in [0.25, 0.3) is 0 Å². The Bertz CT molecular complexity index is 434. The van der Waals surface area contributed by atoms with Crippen LogP contribution in [-0.4, -0.2) is 6.16 Å². The van der Waals surface area contributed by atoms with Gasteiger partial charge in [0, 0.05) is 6.42 Å². The average molecular weight is 246 g/mol. The van der Waals surface area contributed by atoms with Crippen LogP contribution in [0.1, 0.15) is 38.2 Å². The maximum atomic E-state index is 11.6. The second kappa shape index (κ2) is 6.24. The standard InChI is InChI=1S/C15H18O3/c1-12-7-5-6-10-14(12)18-15(16)17-11-13-8-3-2-4-9-13/h2-4,8-9H,5-7,10-11H2,1H3. The van der Waals surface area contributed by atoms with E-state index in [0.29, 0.717) is 0 Å². The van der Waals surface area contributed by atoms with E-state index in [-0.39, 0.29) is 6.61 Å². The molecule has 0 radical (unpaired) electrons. The monoisotopic (exact) mass is 246 g/mol. The molecule has 0 spiro atoms. The number of benzene rings is 1. The highest BCUT2D eigenvalue weighted by molar-refractivity contribution is 5.61. The first-order valence-corrected chi connectivity index (χ1v) is 6.33. The third kappa shape index (κ3) is 3.62. The number of carbonyl (C=O) groups is 1. The van der Waals surface area contributed by atoms with Gasteiger partial charge in [0.05, 0.1) is 0 Å². The fourth-order valence-corrected chi connectivity index (χ4v) is 2.01. The quantitative estimate of drug-likeness (QED) is 0.750. The molecule has 3 heteroatoms. The predicted octanol–water partition coefficient (Wildman–Crippen LogP) is 4.19. The van der Waals surface area contributed by atoms with E-state index in [1.54, 1.807) is 0 Å². The lowest BCUT2D eigenvalue weighted by Crippen LogP contribution is -2.10. The van der Waals surface area contributed by atoms with Crippen molar-refractivity contribution in [3.63, 3.8) is 0 Å². The Morgan fingerprint density at radius 2 is 1.89 bits per heavy atom. The lowest BCUT2D eigenvalue weighted by Gasteiger charge is -2.16. The molecule has 18 heavy (non-hydrogen) atoms. The highest BCUT2D eigenvalue weighted by Crippen LogP contribution is 2.25. The minimum atomic E-state index is -0.602. The zero-order chi connectivity index (χ0) is 12.8. The number of rotatable bonds is 3. The summed E-state index contributed by atoms with van der Waals surface area (Å²) in [5.41, 5.74) is 2.13. The lowest BCUT2D eigenvalue weighted by molar-refractivity contribution is 0.0673. The van der Waals surface area contributed by atoms with Crippen molar-refractivity contribution < 1.29 is 14.3 Å². The normalized spacial score (nSPS) is 15.4. The average Bonchev–Trinajstić information content (AvgIpc) is 2.40. The van der Waals surface area contributed by atoms with Gasteiger partial charge in [-0.1, -0.05) is 30.3 Å². The molecule has 1 aliphatic rings. The maximum Gasteiger partial charge on any atom is 0.513 e. The van der Waals surface area contributed by atoms with Crippen molar-refractivity contribution in [2.45, 2.75) is 39.2 Å². The minimum Gasteiger partial charge on any atom is -0.429 e. The van der Waals surface area contributed by atoms with Crippen LogP contribution in [0, 0.1) is 0 Å². The number of hydrogen-bond acceptors (Lipinski definition) is 3. The molecule has 0 amide bonds. The number of allylic oxidation sites excluding steroid dienone is 2. The van der Waals surface area contributed by atoms with E-state index in [1.807, 2.05) is 37.3 Å². The first kappa shape index (κ1) is 12.7. The van der Waals surface area contributed by atoms with Crippen LogP contribution in [0.3, 0.4) is 0 Å². The third-order valence-corrected chi connectivity index (χ3v) is 3.09. The summed E-state index contributed by atoms with van der Waals surface area (Å²) in [6, 6.07) is 9.59. The first-order valence-electron chi connectivity index (χ1n) is 6.33. The van der Waals surface area contributed by atoms with Crippen LogP contribution in [0.25, 0.3) is 0 Å². The molecule has 96 valence electrons. The number of carbonyl (C=O) groups excluding carboxylic acids is 1. The molecule has 2 rings (SSSR count). The van der Waals surface area contributed by atoms with Crippen LogP contribution in [0.5, 0.6) is 0 Å². The Labute approximate surface area is 107 Å². The van der Waals surface area contributed by atoms with Crippen LogP contribution in [-0.2, 0) is 16.1 Å². The second-order valence-electron chi connectivity index (χ2n) is 4.54. The maximum absolute atomic E-state index is 11.6. The molecule has 3 nitrogen and oxygen atoms in total. The van der Waals surface area contributed by atoms with E-state index in [9.17, 15) is 4.79 Å². The van der Waals surface area contributed by atoms with Gasteiger partial charge in [-0.2, -0.15) is 0 Å². The van der Waals surface area contributed by atoms with Crippen LogP contribution in [0.4, 0.5) is 4.79 Å². The van der Waals surface area contributed by atoms with E-state index in [1.165, 1.54) is 6.42 Å². The minimum absolute atomic E-state index is 0.256. The van der Waals surface area contributed by atoms with Gasteiger partial charge >= 0.3 is 6.16 Å². The molecule has 0 aliphatic heterocycles. The summed E-state index contributed by atoms with van der Waals surface area (Å²) >= 11 is 0. The van der Waals surface area contributed by atoms with Crippen molar-refractivity contribution >= 4 is 6.16 Å². The summed E-state index contributed by atoms with van der Waals surface area (Å²) in [4.78, 5) is 11.6. The molecule has 0 N–H and O–H groups in total. The fraction of sp³-hybridized carbons (Fsp3) is 0.400. The van der Waals surface area contributed by atoms with Crippen molar-refractivity contribution in [2.75, 3.05) is 0 Å². The van der Waals surface area contributed by atoms with Crippen LogP contribution in [0.2, 0.25) is 0 Å². The first-order chi connectivity index (χ1) is 8.75. The van der Waals surface area contributed by atoms with Crippen molar-refractivity contribution in [3.05, 3.63) is 47.2 Å². The zero-order valence-corrected chi connectivity index (χ0v) is 10.6. The van der Waals surface area contributed by atoms with Gasteiger partial charge < -0.3 is 9.47 Å². The molecule has 0 heterocycles. The molecular weight excluding hydrogens is 228 g/mol. The molecule has 0 fully saturated rings. The molecule has 1 aliphatic carbocycles. The topological polar surface area (TPSA) is 35.5 Å². The van der Waals surface area contributed by atoms with E-state index in [4.69, 9.17) is 9.47 Å². The third-order valence-electron chi connectivity index (χ3n) is 3.09. The molecule has 0 saturated carbocycles. The largest absolute Gasteiger partial charge is 0.513 e. The predicted molar refractivity (Wildman–Crippen MR) is 68.9 cm³/mol. The van der Waals surface area contributed by atoms with Crippen LogP contribution in [0.15, 0.2) is 41.7 Å². The number of ether oxygens (including phenoxy) is 2. The van der Waals surface area contributed by atoms with Crippen LogP contribution >= 0.6 is 0 Å². The summed E-state index contributed by atoms with van der Waals surface area (Å²) in [6.07, 6.45) is 3.51. The van der Waals surface area contributed by atoms with Crippen molar-refractivity contribution in [3.8, 4) is 0 Å². The molecule has 0 atom stereocenters. The zero-order valence-electron chi connectivity index (χ0n) is 10.6. The Balaban J connectivity index is 1.82. The summed E-state index contributed by atoms with van der Waals surface area (Å²) in [7, 11) is 0. The molecule has 0 unspecified atom stereocenters. The Kier molecular flexibility index (Phi) is 4.40. The highest BCUT2D eigenvalue weighted by Gasteiger charge is 2.15. The Morgan fingerprint density at radius 3 is 2.61 bits per heavy atom. The summed E-state index contributed by atoms with van der Waals surface area (Å²) < 4.78 is 10.3. The van der Waals surface area contributed by atoms with E-state index in [0.717, 1.165) is 36.2 Å². The van der Waals surface area contributed by atoms with E-state index in [2.05, 4.69) is 0 Å². The van der Waals surface area contributed by atoms with Crippen molar-refractivity contribution in [2.24, 2.45) is 0 Å². The number of hydrogen-bond donors (Lipinski definition) is 0. The van der Waals surface area contributed by atoms with E-state index >= 15 is 0 Å². The van der Waals surface area contributed by atoms with Gasteiger partial charge in [0.1, 0.15) is 12.4 Å². The summed E-state index contributed by atoms with van der Waals surface area (Å²) in [6.45, 7) is 2.27. The molecule has 1 aromatic rings. The van der Waals surface area contributed by atoms with Crippen molar-refractivity contribution in [1.82, 2.24) is 0 Å². The van der Waals surface area contributed by atoms with Gasteiger partial charge in [-0.25, -0.2) is 4.79 Å². The lowest BCUT2D eigenvalue weighted by atomic mass is 9.99. The van der Waals surface area contributed by atoms with Gasteiger partial charge in [0.2, 0.25) is 0 Å². The molecule has 0 aromatic heterocycles. The van der Waals surface area contributed by atoms with E-state index < -0.39 is 6.16 Å². The second-order valence-corrected chi connectivity index (χ2v) is 4.54. The summed E-state index contributed by atoms with van der Waals surface area (Å²) in [5.74, 6) is 0.791.